The van der Waals surface area contributed by atoms with E-state index in [1.165, 1.54) is 0 Å². The van der Waals surface area contributed by atoms with E-state index in [0.717, 1.165) is 0 Å². The van der Waals surface area contributed by atoms with Gasteiger partial charge in [0.2, 0.25) is 11.2 Å². The largest absolute Gasteiger partial charge is 0.396 e. The topological polar surface area (TPSA) is 83.8 Å². The summed E-state index contributed by atoms with van der Waals surface area (Å²) in [7, 11) is 0. The number of aromatic nitrogens is 4. The summed E-state index contributed by atoms with van der Waals surface area (Å²) in [5.41, 5.74) is 0.212. The second-order valence-electron chi connectivity index (χ2n) is 5.27. The molecule has 0 spiro atoms. The van der Waals surface area contributed by atoms with Crippen LogP contribution in [-0.4, -0.2) is 38.2 Å². The SMILES string of the molecule is CC(C)(CO)CNc1nc(Cl)nc(-c2cccc(Cl)n2)n1. The molecule has 21 heavy (non-hydrogen) atoms. The van der Waals surface area contributed by atoms with Crippen LogP contribution in [0.3, 0.4) is 0 Å². The first kappa shape index (κ1) is 15.9. The molecule has 6 nitrogen and oxygen atoms in total. The van der Waals surface area contributed by atoms with Crippen LogP contribution in [0.2, 0.25) is 10.4 Å². The van der Waals surface area contributed by atoms with Crippen molar-refractivity contribution >= 4 is 29.2 Å². The van der Waals surface area contributed by atoms with Gasteiger partial charge >= 0.3 is 0 Å². The molecule has 0 fully saturated rings. The number of nitrogens with zero attached hydrogens (tertiary/aromatic N) is 4. The van der Waals surface area contributed by atoms with Gasteiger partial charge in [0, 0.05) is 18.6 Å². The van der Waals surface area contributed by atoms with E-state index in [1.54, 1.807) is 18.2 Å². The molecule has 0 atom stereocenters. The number of aliphatic hydroxyl groups is 1. The summed E-state index contributed by atoms with van der Waals surface area (Å²) < 4.78 is 0. The number of hydrogen-bond acceptors (Lipinski definition) is 6. The number of nitrogens with one attached hydrogen (secondary N) is 1. The summed E-state index contributed by atoms with van der Waals surface area (Å²) in [6.07, 6.45) is 0. The summed E-state index contributed by atoms with van der Waals surface area (Å²) >= 11 is 11.8. The standard InChI is InChI=1S/C13H15Cl2N5O/c1-13(2,7-21)6-16-12-19-10(18-11(15)20-12)8-4-3-5-9(14)17-8/h3-5,21H,6-7H2,1-2H3,(H,16,18,19,20). The molecule has 2 aromatic rings. The van der Waals surface area contributed by atoms with Gasteiger partial charge in [-0.3, -0.25) is 0 Å². The maximum atomic E-state index is 9.25. The Morgan fingerprint density at radius 3 is 2.57 bits per heavy atom. The smallest absolute Gasteiger partial charge is 0.227 e. The first-order chi connectivity index (χ1) is 9.89. The molecule has 2 aromatic heterocycles. The van der Waals surface area contributed by atoms with Crippen molar-refractivity contribution in [3.8, 4) is 11.5 Å². The van der Waals surface area contributed by atoms with Gasteiger partial charge in [0.15, 0.2) is 5.82 Å². The minimum Gasteiger partial charge on any atom is -0.396 e. The highest BCUT2D eigenvalue weighted by Gasteiger charge is 2.17. The fourth-order valence-electron chi connectivity index (χ4n) is 1.45. The number of aliphatic hydroxyl groups excluding tert-OH is 1. The quantitative estimate of drug-likeness (QED) is 0.821. The Balaban J connectivity index is 2.25. The first-order valence-corrected chi connectivity index (χ1v) is 7.04. The monoisotopic (exact) mass is 327 g/mol. The summed E-state index contributed by atoms with van der Waals surface area (Å²) in [5, 5.41) is 12.7. The lowest BCUT2D eigenvalue weighted by Crippen LogP contribution is -2.27. The van der Waals surface area contributed by atoms with Crippen LogP contribution in [0.4, 0.5) is 5.95 Å². The Labute approximate surface area is 132 Å². The normalized spacial score (nSPS) is 11.5. The third kappa shape index (κ3) is 4.49. The van der Waals surface area contributed by atoms with Crippen molar-refractivity contribution in [2.24, 2.45) is 5.41 Å². The average molecular weight is 328 g/mol. The molecule has 0 aromatic carbocycles. The van der Waals surface area contributed by atoms with E-state index >= 15 is 0 Å². The fraction of sp³-hybridized carbons (Fsp3) is 0.385. The Kier molecular flexibility index (Phi) is 4.92. The Morgan fingerprint density at radius 2 is 1.90 bits per heavy atom. The van der Waals surface area contributed by atoms with Crippen LogP contribution in [0.25, 0.3) is 11.5 Å². The summed E-state index contributed by atoms with van der Waals surface area (Å²) in [6, 6.07) is 5.15. The van der Waals surface area contributed by atoms with Crippen molar-refractivity contribution in [1.82, 2.24) is 19.9 Å². The fourth-order valence-corrected chi connectivity index (χ4v) is 1.77. The molecule has 112 valence electrons. The van der Waals surface area contributed by atoms with Gasteiger partial charge in [-0.2, -0.15) is 15.0 Å². The highest BCUT2D eigenvalue weighted by molar-refractivity contribution is 6.29. The third-order valence-corrected chi connectivity index (χ3v) is 3.08. The van der Waals surface area contributed by atoms with Gasteiger partial charge in [-0.1, -0.05) is 31.5 Å². The number of halogens is 2. The molecule has 0 radical (unpaired) electrons. The van der Waals surface area contributed by atoms with E-state index in [4.69, 9.17) is 23.2 Å². The predicted molar refractivity (Wildman–Crippen MR) is 82.4 cm³/mol. The molecule has 0 amide bonds. The second-order valence-corrected chi connectivity index (χ2v) is 6.00. The molecule has 2 rings (SSSR count). The van der Waals surface area contributed by atoms with Gasteiger partial charge in [0.05, 0.1) is 0 Å². The molecular weight excluding hydrogens is 313 g/mol. The van der Waals surface area contributed by atoms with Crippen LogP contribution in [0, 0.1) is 5.41 Å². The van der Waals surface area contributed by atoms with Crippen molar-refractivity contribution in [3.63, 3.8) is 0 Å². The summed E-state index contributed by atoms with van der Waals surface area (Å²) in [5.74, 6) is 0.662. The number of pyridine rings is 1. The Bertz CT molecular complexity index is 636. The molecule has 8 heteroatoms. The first-order valence-electron chi connectivity index (χ1n) is 6.29. The molecule has 0 saturated heterocycles. The molecule has 2 heterocycles. The second kappa shape index (κ2) is 6.51. The van der Waals surface area contributed by atoms with Crippen LogP contribution < -0.4 is 5.32 Å². The number of hydrogen-bond donors (Lipinski definition) is 2. The van der Waals surface area contributed by atoms with Gasteiger partial charge in [0.1, 0.15) is 10.8 Å². The molecule has 0 bridgehead atoms. The van der Waals surface area contributed by atoms with E-state index in [-0.39, 0.29) is 17.3 Å². The van der Waals surface area contributed by atoms with E-state index in [9.17, 15) is 5.11 Å². The maximum absolute atomic E-state index is 9.25. The van der Waals surface area contributed by atoms with Gasteiger partial charge in [0.25, 0.3) is 0 Å². The van der Waals surface area contributed by atoms with Crippen molar-refractivity contribution in [1.29, 1.82) is 0 Å². The van der Waals surface area contributed by atoms with E-state index in [2.05, 4.69) is 25.3 Å². The molecule has 2 N–H and O–H groups in total. The Morgan fingerprint density at radius 1 is 1.14 bits per heavy atom. The summed E-state index contributed by atoms with van der Waals surface area (Å²) in [6.45, 7) is 4.37. The van der Waals surface area contributed by atoms with Crippen molar-refractivity contribution < 1.29 is 5.11 Å². The lowest BCUT2D eigenvalue weighted by atomic mass is 9.95. The number of anilines is 1. The van der Waals surface area contributed by atoms with Crippen LogP contribution in [0.1, 0.15) is 13.8 Å². The maximum Gasteiger partial charge on any atom is 0.227 e. The van der Waals surface area contributed by atoms with E-state index in [0.29, 0.717) is 29.2 Å². The predicted octanol–water partition coefficient (Wildman–Crippen LogP) is 2.67. The van der Waals surface area contributed by atoms with Gasteiger partial charge < -0.3 is 10.4 Å². The third-order valence-electron chi connectivity index (χ3n) is 2.71. The van der Waals surface area contributed by atoms with E-state index < -0.39 is 0 Å². The lowest BCUT2D eigenvalue weighted by molar-refractivity contribution is 0.170. The average Bonchev–Trinajstić information content (AvgIpc) is 2.45. The molecule has 0 aliphatic heterocycles. The van der Waals surface area contributed by atoms with Crippen LogP contribution in [0.5, 0.6) is 0 Å². The van der Waals surface area contributed by atoms with Crippen LogP contribution in [-0.2, 0) is 0 Å². The summed E-state index contributed by atoms with van der Waals surface area (Å²) in [4.78, 5) is 16.5. The van der Waals surface area contributed by atoms with Gasteiger partial charge in [-0.15, -0.1) is 0 Å². The molecule has 0 unspecified atom stereocenters. The minimum absolute atomic E-state index is 0.0432. The molecule has 0 aliphatic carbocycles. The van der Waals surface area contributed by atoms with E-state index in [1.807, 2.05) is 13.8 Å². The highest BCUT2D eigenvalue weighted by atomic mass is 35.5. The highest BCUT2D eigenvalue weighted by Crippen LogP contribution is 2.19. The van der Waals surface area contributed by atoms with Gasteiger partial charge in [-0.25, -0.2) is 4.98 Å². The van der Waals surface area contributed by atoms with Crippen molar-refractivity contribution in [2.45, 2.75) is 13.8 Å². The minimum atomic E-state index is -0.298. The zero-order valence-corrected chi connectivity index (χ0v) is 13.2. The van der Waals surface area contributed by atoms with Crippen molar-refractivity contribution in [2.75, 3.05) is 18.5 Å². The van der Waals surface area contributed by atoms with Crippen LogP contribution in [0.15, 0.2) is 18.2 Å². The van der Waals surface area contributed by atoms with Gasteiger partial charge in [-0.05, 0) is 23.7 Å². The lowest BCUT2D eigenvalue weighted by Gasteiger charge is -2.21. The zero-order valence-electron chi connectivity index (χ0n) is 11.6. The zero-order chi connectivity index (χ0) is 15.5. The van der Waals surface area contributed by atoms with Crippen molar-refractivity contribution in [3.05, 3.63) is 28.6 Å². The number of rotatable bonds is 5. The molecule has 0 aliphatic rings. The Hall–Kier alpha value is -1.50. The molecule has 0 saturated carbocycles. The van der Waals surface area contributed by atoms with Crippen LogP contribution >= 0.6 is 23.2 Å². The molecular formula is C13H15Cl2N5O.